The molecule has 7 heteroatoms. The molecule has 0 spiro atoms. The number of hydrogen-bond acceptors (Lipinski definition) is 3. The fourth-order valence-electron chi connectivity index (χ4n) is 3.08. The Kier molecular flexibility index (Phi) is 5.33. The Labute approximate surface area is 146 Å². The van der Waals surface area contributed by atoms with E-state index in [2.05, 4.69) is 20.8 Å². The minimum absolute atomic E-state index is 0.0469. The van der Waals surface area contributed by atoms with Crippen LogP contribution >= 0.6 is 0 Å². The molecule has 0 saturated carbocycles. The number of urea groups is 1. The molecular formula is C18H23N5O2. The quantitative estimate of drug-likeness (QED) is 0.793. The molecule has 2 aromatic rings. The molecule has 25 heavy (non-hydrogen) atoms. The molecule has 1 saturated heterocycles. The molecule has 132 valence electrons. The molecule has 0 radical (unpaired) electrons. The first-order valence-electron chi connectivity index (χ1n) is 8.50. The van der Waals surface area contributed by atoms with E-state index >= 15 is 0 Å². The number of nitrogens with one attached hydrogen (secondary N) is 3. The van der Waals surface area contributed by atoms with Crippen LogP contribution in [0.5, 0.6) is 0 Å². The van der Waals surface area contributed by atoms with Gasteiger partial charge in [0, 0.05) is 38.8 Å². The molecule has 1 aliphatic rings. The first-order chi connectivity index (χ1) is 12.1. The maximum Gasteiger partial charge on any atom is 0.317 e. The average molecular weight is 341 g/mol. The molecule has 3 N–H and O–H groups in total. The monoisotopic (exact) mass is 341 g/mol. The summed E-state index contributed by atoms with van der Waals surface area (Å²) in [5.74, 6) is -0.0513. The largest absolute Gasteiger partial charge is 0.352 e. The lowest BCUT2D eigenvalue weighted by molar-refractivity contribution is -0.119. The maximum atomic E-state index is 12.3. The number of likely N-dealkylation sites (tertiary alicyclic amines) is 1. The van der Waals surface area contributed by atoms with Crippen molar-refractivity contribution in [1.82, 2.24) is 25.7 Å². The molecule has 0 aliphatic carbocycles. The predicted molar refractivity (Wildman–Crippen MR) is 94.7 cm³/mol. The van der Waals surface area contributed by atoms with Crippen LogP contribution in [0.2, 0.25) is 0 Å². The third kappa shape index (κ3) is 4.59. The van der Waals surface area contributed by atoms with Gasteiger partial charge in [-0.25, -0.2) is 4.79 Å². The summed E-state index contributed by atoms with van der Waals surface area (Å²) < 4.78 is 0. The Morgan fingerprint density at radius 1 is 1.28 bits per heavy atom. The highest BCUT2D eigenvalue weighted by atomic mass is 16.2. The van der Waals surface area contributed by atoms with Crippen LogP contribution in [0.4, 0.5) is 4.79 Å². The highest BCUT2D eigenvalue weighted by molar-refractivity contribution is 5.75. The minimum Gasteiger partial charge on any atom is -0.352 e. The van der Waals surface area contributed by atoms with Crippen LogP contribution in [0.1, 0.15) is 25.3 Å². The van der Waals surface area contributed by atoms with Gasteiger partial charge in [-0.15, -0.1) is 0 Å². The number of piperidine rings is 1. The number of amides is 3. The van der Waals surface area contributed by atoms with Gasteiger partial charge in [0.05, 0.1) is 5.69 Å². The highest BCUT2D eigenvalue weighted by Crippen LogP contribution is 2.16. The Morgan fingerprint density at radius 3 is 2.76 bits per heavy atom. The molecule has 2 heterocycles. The summed E-state index contributed by atoms with van der Waals surface area (Å²) in [6, 6.07) is 9.86. The molecule has 1 unspecified atom stereocenters. The first-order valence-corrected chi connectivity index (χ1v) is 8.50. The third-order valence-corrected chi connectivity index (χ3v) is 4.33. The van der Waals surface area contributed by atoms with Gasteiger partial charge < -0.3 is 15.5 Å². The second-order valence-electron chi connectivity index (χ2n) is 6.31. The van der Waals surface area contributed by atoms with E-state index in [1.54, 1.807) is 11.1 Å². The number of carbonyl (C=O) groups is 2. The molecule has 3 amide bonds. The normalized spacial score (nSPS) is 17.2. The van der Waals surface area contributed by atoms with Crippen LogP contribution in [0.25, 0.3) is 11.3 Å². The number of nitrogens with zero attached hydrogens (tertiary/aromatic N) is 2. The second kappa shape index (κ2) is 7.83. The van der Waals surface area contributed by atoms with Crippen molar-refractivity contribution in [2.24, 2.45) is 0 Å². The van der Waals surface area contributed by atoms with Gasteiger partial charge in [0.1, 0.15) is 0 Å². The first kappa shape index (κ1) is 17.0. The van der Waals surface area contributed by atoms with Gasteiger partial charge >= 0.3 is 6.03 Å². The number of hydrogen-bond donors (Lipinski definition) is 3. The van der Waals surface area contributed by atoms with Crippen LogP contribution in [0.15, 0.2) is 36.5 Å². The van der Waals surface area contributed by atoms with Crippen LogP contribution < -0.4 is 10.6 Å². The van der Waals surface area contributed by atoms with Gasteiger partial charge in [0.2, 0.25) is 5.91 Å². The van der Waals surface area contributed by atoms with Crippen molar-refractivity contribution >= 4 is 11.9 Å². The summed E-state index contributed by atoms with van der Waals surface area (Å²) in [5, 5.41) is 12.7. The Balaban J connectivity index is 1.51. The third-order valence-electron chi connectivity index (χ3n) is 4.33. The Hall–Kier alpha value is -2.83. The van der Waals surface area contributed by atoms with Gasteiger partial charge in [-0.05, 0) is 30.0 Å². The van der Waals surface area contributed by atoms with Gasteiger partial charge in [-0.1, -0.05) is 24.3 Å². The van der Waals surface area contributed by atoms with E-state index in [0.29, 0.717) is 13.1 Å². The molecule has 1 aromatic carbocycles. The maximum absolute atomic E-state index is 12.3. The fourth-order valence-corrected chi connectivity index (χ4v) is 3.08. The topological polar surface area (TPSA) is 90.1 Å². The fraction of sp³-hybridized carbons (Fsp3) is 0.389. The summed E-state index contributed by atoms with van der Waals surface area (Å²) >= 11 is 0. The number of benzene rings is 1. The molecule has 1 aliphatic heterocycles. The lowest BCUT2D eigenvalue weighted by Crippen LogP contribution is -2.51. The molecule has 1 aromatic heterocycles. The zero-order chi connectivity index (χ0) is 17.6. The number of aromatic nitrogens is 2. The van der Waals surface area contributed by atoms with Gasteiger partial charge in [0.15, 0.2) is 0 Å². The summed E-state index contributed by atoms with van der Waals surface area (Å²) in [5.41, 5.74) is 3.06. The van der Waals surface area contributed by atoms with Crippen molar-refractivity contribution in [3.05, 3.63) is 42.1 Å². The zero-order valence-electron chi connectivity index (χ0n) is 14.3. The average Bonchev–Trinajstić information content (AvgIpc) is 3.14. The van der Waals surface area contributed by atoms with Crippen molar-refractivity contribution in [3.8, 4) is 11.3 Å². The zero-order valence-corrected chi connectivity index (χ0v) is 14.3. The number of aromatic amines is 1. The lowest BCUT2D eigenvalue weighted by atomic mass is 10.1. The summed E-state index contributed by atoms with van der Waals surface area (Å²) in [6.07, 6.45) is 3.53. The lowest BCUT2D eigenvalue weighted by Gasteiger charge is -2.33. The van der Waals surface area contributed by atoms with E-state index in [9.17, 15) is 9.59 Å². The van der Waals surface area contributed by atoms with Gasteiger partial charge in [0.25, 0.3) is 0 Å². The molecule has 0 bridgehead atoms. The van der Waals surface area contributed by atoms with Crippen molar-refractivity contribution in [1.29, 1.82) is 0 Å². The molecular weight excluding hydrogens is 318 g/mol. The van der Waals surface area contributed by atoms with E-state index in [1.807, 2.05) is 30.3 Å². The Morgan fingerprint density at radius 2 is 2.08 bits per heavy atom. The van der Waals surface area contributed by atoms with E-state index in [4.69, 9.17) is 0 Å². The van der Waals surface area contributed by atoms with E-state index in [-0.39, 0.29) is 18.0 Å². The van der Waals surface area contributed by atoms with Crippen LogP contribution in [-0.2, 0) is 11.3 Å². The molecule has 7 nitrogen and oxygen atoms in total. The van der Waals surface area contributed by atoms with Gasteiger partial charge in [-0.2, -0.15) is 5.10 Å². The predicted octanol–water partition coefficient (Wildman–Crippen LogP) is 1.89. The van der Waals surface area contributed by atoms with Gasteiger partial charge in [-0.3, -0.25) is 9.89 Å². The van der Waals surface area contributed by atoms with Crippen LogP contribution in [0.3, 0.4) is 0 Å². The van der Waals surface area contributed by atoms with Crippen LogP contribution in [-0.4, -0.2) is 46.2 Å². The molecule has 1 fully saturated rings. The standard InChI is InChI=1S/C18H23N5O2/c1-13(24)21-16-3-2-10-23(12-16)18(25)19-11-14-4-6-15(7-5-14)17-8-9-20-22-17/h4-9,16H,2-3,10-12H2,1H3,(H,19,25)(H,20,22)(H,21,24). The summed E-state index contributed by atoms with van der Waals surface area (Å²) in [7, 11) is 0. The summed E-state index contributed by atoms with van der Waals surface area (Å²) in [6.45, 7) is 3.26. The van der Waals surface area contributed by atoms with Crippen molar-refractivity contribution in [2.75, 3.05) is 13.1 Å². The Bertz CT molecular complexity index is 712. The minimum atomic E-state index is -0.0901. The second-order valence-corrected chi connectivity index (χ2v) is 6.31. The van der Waals surface area contributed by atoms with Crippen molar-refractivity contribution in [2.45, 2.75) is 32.4 Å². The van der Waals surface area contributed by atoms with E-state index < -0.39 is 0 Å². The summed E-state index contributed by atoms with van der Waals surface area (Å²) in [4.78, 5) is 25.3. The van der Waals surface area contributed by atoms with E-state index in [0.717, 1.165) is 36.2 Å². The van der Waals surface area contributed by atoms with Crippen molar-refractivity contribution in [3.63, 3.8) is 0 Å². The molecule has 3 rings (SSSR count). The number of carbonyl (C=O) groups excluding carboxylic acids is 2. The van der Waals surface area contributed by atoms with Crippen LogP contribution in [0, 0.1) is 0 Å². The molecule has 1 atom stereocenters. The number of rotatable bonds is 4. The number of H-pyrrole nitrogens is 1. The van der Waals surface area contributed by atoms with Crippen molar-refractivity contribution < 1.29 is 9.59 Å². The van der Waals surface area contributed by atoms with E-state index in [1.165, 1.54) is 6.92 Å². The SMILES string of the molecule is CC(=O)NC1CCCN(C(=O)NCc2ccc(-c3ccn[nH]3)cc2)C1. The highest BCUT2D eigenvalue weighted by Gasteiger charge is 2.23. The smallest absolute Gasteiger partial charge is 0.317 e.